The second kappa shape index (κ2) is 7.63. The van der Waals surface area contributed by atoms with Crippen LogP contribution in [-0.4, -0.2) is 22.7 Å². The van der Waals surface area contributed by atoms with Crippen LogP contribution in [0.3, 0.4) is 0 Å². The molecule has 1 aliphatic heterocycles. The minimum Gasteiger partial charge on any atom is -0.506 e. The lowest BCUT2D eigenvalue weighted by Crippen LogP contribution is -2.12. The number of esters is 1. The number of nitrogens with zero attached hydrogens (tertiary/aromatic N) is 1. The van der Waals surface area contributed by atoms with Crippen LogP contribution in [0.4, 0.5) is 5.69 Å². The molecule has 0 saturated carbocycles. The lowest BCUT2D eigenvalue weighted by molar-refractivity contribution is -0.138. The molecule has 0 spiro atoms. The molecular formula is C18H14ClNO4S. The summed E-state index contributed by atoms with van der Waals surface area (Å²) in [5.41, 5.74) is 0.653. The van der Waals surface area contributed by atoms with Gasteiger partial charge in [0.25, 0.3) is 0 Å². The Morgan fingerprint density at radius 2 is 2.12 bits per heavy atom. The molecule has 2 aromatic rings. The maximum atomic E-state index is 12.3. The zero-order valence-corrected chi connectivity index (χ0v) is 14.8. The first-order valence-corrected chi connectivity index (χ1v) is 8.66. The Morgan fingerprint density at radius 1 is 1.36 bits per heavy atom. The summed E-state index contributed by atoms with van der Waals surface area (Å²) < 4.78 is 10.3. The van der Waals surface area contributed by atoms with Crippen LogP contribution in [0.5, 0.6) is 0 Å². The van der Waals surface area contributed by atoms with Crippen molar-refractivity contribution in [2.45, 2.75) is 6.92 Å². The number of thioether (sulfide) groups is 1. The molecule has 1 aromatic carbocycles. The lowest BCUT2D eigenvalue weighted by Gasteiger charge is -2.03. The summed E-state index contributed by atoms with van der Waals surface area (Å²) in [5, 5.41) is 11.4. The van der Waals surface area contributed by atoms with Crippen LogP contribution in [0.25, 0.3) is 6.08 Å². The maximum absolute atomic E-state index is 12.3. The molecule has 1 N–H and O–H groups in total. The van der Waals surface area contributed by atoms with Crippen molar-refractivity contribution in [3.63, 3.8) is 0 Å². The molecule has 5 nitrogen and oxygen atoms in total. The van der Waals surface area contributed by atoms with Gasteiger partial charge >= 0.3 is 5.97 Å². The fourth-order valence-corrected chi connectivity index (χ4v) is 3.27. The predicted molar refractivity (Wildman–Crippen MR) is 99.1 cm³/mol. The third-order valence-electron chi connectivity index (χ3n) is 3.24. The van der Waals surface area contributed by atoms with E-state index in [0.29, 0.717) is 26.4 Å². The summed E-state index contributed by atoms with van der Waals surface area (Å²) in [6.45, 7) is 1.90. The highest BCUT2D eigenvalue weighted by Gasteiger charge is 2.33. The highest BCUT2D eigenvalue weighted by Crippen LogP contribution is 2.40. The first kappa shape index (κ1) is 17.4. The Balaban J connectivity index is 2.02. The van der Waals surface area contributed by atoms with Crippen molar-refractivity contribution in [2.24, 2.45) is 4.99 Å². The second-order valence-electron chi connectivity index (χ2n) is 4.96. The summed E-state index contributed by atoms with van der Waals surface area (Å²) in [6, 6.07) is 10.3. The lowest BCUT2D eigenvalue weighted by atomic mass is 10.2. The topological polar surface area (TPSA) is 72.0 Å². The largest absolute Gasteiger partial charge is 0.506 e. The third-order valence-corrected chi connectivity index (χ3v) is 4.52. The molecule has 0 bridgehead atoms. The van der Waals surface area contributed by atoms with E-state index in [-0.39, 0.29) is 17.9 Å². The first-order valence-electron chi connectivity index (χ1n) is 7.47. The minimum absolute atomic E-state index is 0.0413. The monoisotopic (exact) mass is 375 g/mol. The van der Waals surface area contributed by atoms with Gasteiger partial charge in [0, 0.05) is 5.02 Å². The van der Waals surface area contributed by atoms with Crippen molar-refractivity contribution < 1.29 is 19.1 Å². The highest BCUT2D eigenvalue weighted by atomic mass is 35.5. The number of aliphatic hydroxyl groups is 1. The van der Waals surface area contributed by atoms with E-state index < -0.39 is 5.97 Å². The summed E-state index contributed by atoms with van der Waals surface area (Å²) in [4.78, 5) is 17.2. The summed E-state index contributed by atoms with van der Waals surface area (Å²) in [7, 11) is 0. The van der Waals surface area contributed by atoms with Gasteiger partial charge in [-0.3, -0.25) is 0 Å². The molecule has 2 heterocycles. The molecule has 0 amide bonds. The SMILES string of the molecule is CCOC(=O)C1=C(O)C(=Cc2ccco2)SC1=Nc1ccc(Cl)cc1. The van der Waals surface area contributed by atoms with E-state index in [4.69, 9.17) is 20.8 Å². The van der Waals surface area contributed by atoms with Crippen LogP contribution in [-0.2, 0) is 9.53 Å². The molecule has 0 atom stereocenters. The highest BCUT2D eigenvalue weighted by molar-refractivity contribution is 8.18. The van der Waals surface area contributed by atoms with E-state index in [1.165, 1.54) is 18.0 Å². The van der Waals surface area contributed by atoms with Gasteiger partial charge in [0.1, 0.15) is 22.1 Å². The third kappa shape index (κ3) is 3.97. The Morgan fingerprint density at radius 3 is 2.76 bits per heavy atom. The number of carbonyl (C=O) groups excluding carboxylic acids is 1. The molecular weight excluding hydrogens is 362 g/mol. The van der Waals surface area contributed by atoms with Crippen molar-refractivity contribution in [3.05, 3.63) is 69.7 Å². The zero-order chi connectivity index (χ0) is 17.8. The molecule has 128 valence electrons. The van der Waals surface area contributed by atoms with Crippen molar-refractivity contribution in [2.75, 3.05) is 6.61 Å². The van der Waals surface area contributed by atoms with E-state index in [1.807, 2.05) is 0 Å². The molecule has 0 saturated heterocycles. The molecule has 0 radical (unpaired) electrons. The quantitative estimate of drug-likeness (QED) is 0.750. The molecule has 0 unspecified atom stereocenters. The Kier molecular flexibility index (Phi) is 5.31. The number of aliphatic hydroxyl groups excluding tert-OH is 1. The zero-order valence-electron chi connectivity index (χ0n) is 13.2. The van der Waals surface area contributed by atoms with Crippen LogP contribution >= 0.6 is 23.4 Å². The molecule has 7 heteroatoms. The molecule has 1 aliphatic rings. The average Bonchev–Trinajstić information content (AvgIpc) is 3.19. The molecule has 0 aliphatic carbocycles. The molecule has 25 heavy (non-hydrogen) atoms. The van der Waals surface area contributed by atoms with Crippen LogP contribution < -0.4 is 0 Å². The number of furan rings is 1. The van der Waals surface area contributed by atoms with E-state index in [2.05, 4.69) is 4.99 Å². The number of aliphatic imine (C=N–C) groups is 1. The molecule has 0 fully saturated rings. The van der Waals surface area contributed by atoms with E-state index in [9.17, 15) is 9.90 Å². The number of hydrogen-bond donors (Lipinski definition) is 1. The fourth-order valence-electron chi connectivity index (χ4n) is 2.13. The maximum Gasteiger partial charge on any atom is 0.344 e. The van der Waals surface area contributed by atoms with Crippen molar-refractivity contribution in [1.29, 1.82) is 0 Å². The van der Waals surface area contributed by atoms with Crippen LogP contribution in [0.15, 0.2) is 68.3 Å². The smallest absolute Gasteiger partial charge is 0.344 e. The number of benzene rings is 1. The van der Waals surface area contributed by atoms with Crippen molar-refractivity contribution in [1.82, 2.24) is 0 Å². The number of ether oxygens (including phenoxy) is 1. The number of rotatable bonds is 4. The van der Waals surface area contributed by atoms with E-state index >= 15 is 0 Å². The molecule has 3 rings (SSSR count). The van der Waals surface area contributed by atoms with E-state index in [0.717, 1.165) is 0 Å². The standard InChI is InChI=1S/C18H14ClNO4S/c1-2-23-18(22)15-16(21)14(10-13-4-3-9-24-13)25-17(15)20-12-7-5-11(19)6-8-12/h3-10,21H,2H2,1H3. The number of carbonyl (C=O) groups is 1. The Bertz CT molecular complexity index is 867. The van der Waals surface area contributed by atoms with Gasteiger partial charge in [-0.1, -0.05) is 23.4 Å². The van der Waals surface area contributed by atoms with Gasteiger partial charge in [0.2, 0.25) is 0 Å². The van der Waals surface area contributed by atoms with Gasteiger partial charge < -0.3 is 14.3 Å². The van der Waals surface area contributed by atoms with Gasteiger partial charge in [0.05, 0.1) is 23.5 Å². The normalized spacial score (nSPS) is 17.5. The number of halogens is 1. The van der Waals surface area contributed by atoms with Crippen LogP contribution in [0.1, 0.15) is 12.7 Å². The van der Waals surface area contributed by atoms with Gasteiger partial charge in [-0.25, -0.2) is 9.79 Å². The number of hydrogen-bond acceptors (Lipinski definition) is 6. The minimum atomic E-state index is -0.622. The van der Waals surface area contributed by atoms with E-state index in [1.54, 1.807) is 49.4 Å². The predicted octanol–water partition coefficient (Wildman–Crippen LogP) is 5.13. The van der Waals surface area contributed by atoms with Crippen LogP contribution in [0.2, 0.25) is 5.02 Å². The average molecular weight is 376 g/mol. The fraction of sp³-hybridized carbons (Fsp3) is 0.111. The van der Waals surface area contributed by atoms with Gasteiger partial charge in [-0.2, -0.15) is 0 Å². The van der Waals surface area contributed by atoms with Crippen molar-refractivity contribution >= 4 is 46.1 Å². The van der Waals surface area contributed by atoms with Crippen LogP contribution in [0, 0.1) is 0 Å². The summed E-state index contributed by atoms with van der Waals surface area (Å²) in [5.74, 6) is -0.236. The van der Waals surface area contributed by atoms with Gasteiger partial charge in [0.15, 0.2) is 0 Å². The Labute approximate surface area is 153 Å². The molecule has 1 aromatic heterocycles. The second-order valence-corrected chi connectivity index (χ2v) is 6.43. The summed E-state index contributed by atoms with van der Waals surface area (Å²) >= 11 is 7.05. The summed E-state index contributed by atoms with van der Waals surface area (Å²) in [6.07, 6.45) is 3.17. The van der Waals surface area contributed by atoms with Gasteiger partial charge in [-0.15, -0.1) is 0 Å². The Hall–Kier alpha value is -2.44. The van der Waals surface area contributed by atoms with Crippen molar-refractivity contribution in [3.8, 4) is 0 Å². The van der Waals surface area contributed by atoms with Gasteiger partial charge in [-0.05, 0) is 49.4 Å². The first-order chi connectivity index (χ1) is 12.1.